The van der Waals surface area contributed by atoms with Gasteiger partial charge in [0.25, 0.3) is 0 Å². The van der Waals surface area contributed by atoms with Crippen molar-refractivity contribution in [2.24, 2.45) is 0 Å². The fraction of sp³-hybridized carbons (Fsp3) is 0.789. The Labute approximate surface area is 145 Å². The summed E-state index contributed by atoms with van der Waals surface area (Å²) >= 11 is -1.63. The molecule has 1 aliphatic carbocycles. The summed E-state index contributed by atoms with van der Waals surface area (Å²) in [5.41, 5.74) is 2.48. The first-order chi connectivity index (χ1) is 10.4. The third-order valence-corrected chi connectivity index (χ3v) is 11.5. The molecule has 0 aromatic carbocycles. The van der Waals surface area contributed by atoms with Crippen molar-refractivity contribution in [1.82, 2.24) is 0 Å². The van der Waals surface area contributed by atoms with Gasteiger partial charge in [0, 0.05) is 0 Å². The predicted molar refractivity (Wildman–Crippen MR) is 100 cm³/mol. The zero-order valence-corrected chi connectivity index (χ0v) is 19.4. The predicted octanol–water partition coefficient (Wildman–Crippen LogP) is 6.16. The Morgan fingerprint density at radius 3 is 2.41 bits per heavy atom. The molecule has 0 bridgehead atoms. The summed E-state index contributed by atoms with van der Waals surface area (Å²) < 4.78 is 7.99. The van der Waals surface area contributed by atoms with E-state index < -0.39 is 25.8 Å². The molecule has 3 heteroatoms. The molecule has 22 heavy (non-hydrogen) atoms. The number of unbranched alkanes of at least 4 members (excludes halogenated alkanes) is 4. The van der Waals surface area contributed by atoms with E-state index in [1.807, 2.05) is 3.96 Å². The molecule has 0 aliphatic heterocycles. The third-order valence-electron chi connectivity index (χ3n) is 4.18. The maximum absolute atomic E-state index is 6.15. The summed E-state index contributed by atoms with van der Waals surface area (Å²) in [6.45, 7) is 6.67. The van der Waals surface area contributed by atoms with Crippen molar-refractivity contribution < 1.29 is 20.5 Å². The molecule has 0 saturated heterocycles. The Kier molecular flexibility index (Phi) is 9.51. The second-order valence-electron chi connectivity index (χ2n) is 7.13. The molecule has 1 aliphatic rings. The molecule has 0 amide bonds. The van der Waals surface area contributed by atoms with Crippen molar-refractivity contribution >= 4 is 9.76 Å². The van der Waals surface area contributed by atoms with Crippen LogP contribution in [0.15, 0.2) is 21.7 Å². The zero-order chi connectivity index (χ0) is 16.6. The van der Waals surface area contributed by atoms with Gasteiger partial charge in [-0.05, 0) is 0 Å². The maximum atomic E-state index is 6.15. The summed E-state index contributed by atoms with van der Waals surface area (Å²) in [7, 11) is -0.461. The molecular formula is C19H38OPtSi. The van der Waals surface area contributed by atoms with Crippen LogP contribution < -0.4 is 0 Å². The van der Waals surface area contributed by atoms with Crippen LogP contribution in [-0.4, -0.2) is 15.9 Å². The number of allylic oxidation sites excluding steroid dienone is 4. The van der Waals surface area contributed by atoms with Crippen LogP contribution in [-0.2, 0) is 20.5 Å². The van der Waals surface area contributed by atoms with Crippen LogP contribution in [0.1, 0.15) is 65.7 Å². The van der Waals surface area contributed by atoms with Gasteiger partial charge in [-0.15, -0.1) is 0 Å². The average Bonchev–Trinajstić information content (AvgIpc) is 2.91. The SMILES string of the molecule is CCCCCCCC([SiH2]OC(C)C)C1=[C]([Pt]([CH3])([CH3])[CH3])CC=C1. The molecular weight excluding hydrogens is 467 g/mol. The fourth-order valence-electron chi connectivity index (χ4n) is 2.93. The van der Waals surface area contributed by atoms with Gasteiger partial charge < -0.3 is 0 Å². The molecule has 0 fully saturated rings. The van der Waals surface area contributed by atoms with Crippen molar-refractivity contribution in [3.8, 4) is 0 Å². The second-order valence-corrected chi connectivity index (χ2v) is 20.4. The van der Waals surface area contributed by atoms with Gasteiger partial charge in [0.05, 0.1) is 0 Å². The molecule has 0 spiro atoms. The molecule has 1 rings (SSSR count). The molecule has 0 N–H and O–H groups in total. The molecule has 1 unspecified atom stereocenters. The van der Waals surface area contributed by atoms with E-state index in [4.69, 9.17) is 4.43 Å². The van der Waals surface area contributed by atoms with E-state index in [2.05, 4.69) is 48.9 Å². The number of hydrogen-bond acceptors (Lipinski definition) is 1. The van der Waals surface area contributed by atoms with Crippen LogP contribution in [0.5, 0.6) is 0 Å². The van der Waals surface area contributed by atoms with Gasteiger partial charge in [0.1, 0.15) is 0 Å². The summed E-state index contributed by atoms with van der Waals surface area (Å²) in [5, 5.41) is 7.62. The standard InChI is InChI=1S/C16H29OSi.3CH3.Pt/c1-4-5-6-7-8-13-16(18-17-14(2)3)15-11-9-10-12-15;;;;/h9,11,14,16H,4-8,10,13,18H2,1-3H3;3*1H3;. The summed E-state index contributed by atoms with van der Waals surface area (Å²) in [6.07, 6.45) is 14.8. The summed E-state index contributed by atoms with van der Waals surface area (Å²) in [4.78, 5) is 0. The van der Waals surface area contributed by atoms with Crippen molar-refractivity contribution in [1.29, 1.82) is 0 Å². The first-order valence-corrected chi connectivity index (χ1v) is 18.1. The van der Waals surface area contributed by atoms with Crippen molar-refractivity contribution in [2.75, 3.05) is 0 Å². The number of hydrogen-bond donors (Lipinski definition) is 0. The van der Waals surface area contributed by atoms with Crippen LogP contribution in [0.25, 0.3) is 0 Å². The van der Waals surface area contributed by atoms with Gasteiger partial charge >= 0.3 is 145 Å². The molecule has 0 aromatic heterocycles. The molecule has 0 radical (unpaired) electrons. The Morgan fingerprint density at radius 1 is 1.14 bits per heavy atom. The number of rotatable bonds is 11. The minimum absolute atomic E-state index is 0.402. The van der Waals surface area contributed by atoms with E-state index in [1.165, 1.54) is 44.9 Å². The van der Waals surface area contributed by atoms with E-state index in [0.717, 1.165) is 5.54 Å². The van der Waals surface area contributed by atoms with Crippen LogP contribution in [0.2, 0.25) is 21.5 Å². The molecule has 134 valence electrons. The Hall–Kier alpha value is 0.345. The normalized spacial score (nSPS) is 18.1. The van der Waals surface area contributed by atoms with Crippen LogP contribution in [0, 0.1) is 0 Å². The molecule has 0 heterocycles. The molecule has 0 saturated carbocycles. The first kappa shape index (κ1) is 20.4. The van der Waals surface area contributed by atoms with E-state index in [1.54, 1.807) is 5.57 Å². The van der Waals surface area contributed by atoms with E-state index in [9.17, 15) is 0 Å². The Balaban J connectivity index is 2.69. The average molecular weight is 506 g/mol. The third kappa shape index (κ3) is 7.28. The van der Waals surface area contributed by atoms with Crippen molar-refractivity contribution in [3.63, 3.8) is 0 Å². The van der Waals surface area contributed by atoms with Gasteiger partial charge in [-0.25, -0.2) is 0 Å². The molecule has 1 nitrogen and oxygen atoms in total. The van der Waals surface area contributed by atoms with E-state index in [0.29, 0.717) is 6.10 Å². The quantitative estimate of drug-likeness (QED) is 0.242. The van der Waals surface area contributed by atoms with E-state index >= 15 is 0 Å². The molecule has 1 atom stereocenters. The van der Waals surface area contributed by atoms with Crippen LogP contribution >= 0.6 is 0 Å². The first-order valence-electron chi connectivity index (χ1n) is 8.73. The summed E-state index contributed by atoms with van der Waals surface area (Å²) in [5.74, 6) is 0. The van der Waals surface area contributed by atoms with Crippen molar-refractivity contribution in [2.45, 2.75) is 93.3 Å². The topological polar surface area (TPSA) is 9.23 Å². The monoisotopic (exact) mass is 505 g/mol. The van der Waals surface area contributed by atoms with Crippen molar-refractivity contribution in [3.05, 3.63) is 21.7 Å². The Bertz CT molecular complexity index is 379. The second kappa shape index (κ2) is 10.3. The van der Waals surface area contributed by atoms with Gasteiger partial charge in [-0.3, -0.25) is 0 Å². The van der Waals surface area contributed by atoms with Gasteiger partial charge in [-0.2, -0.15) is 0 Å². The van der Waals surface area contributed by atoms with Gasteiger partial charge in [-0.1, -0.05) is 0 Å². The van der Waals surface area contributed by atoms with Gasteiger partial charge in [0.2, 0.25) is 0 Å². The van der Waals surface area contributed by atoms with Crippen LogP contribution in [0.3, 0.4) is 0 Å². The van der Waals surface area contributed by atoms with Crippen LogP contribution in [0.4, 0.5) is 0 Å². The molecule has 0 aromatic rings. The minimum atomic E-state index is -1.63. The summed E-state index contributed by atoms with van der Waals surface area (Å²) in [6, 6.07) is 0. The zero-order valence-electron chi connectivity index (χ0n) is 15.7. The van der Waals surface area contributed by atoms with E-state index in [-0.39, 0.29) is 0 Å². The van der Waals surface area contributed by atoms with Gasteiger partial charge in [0.15, 0.2) is 0 Å². The fourth-order valence-corrected chi connectivity index (χ4v) is 9.27. The Morgan fingerprint density at radius 2 is 1.82 bits per heavy atom.